The van der Waals surface area contributed by atoms with Gasteiger partial charge in [0.15, 0.2) is 11.6 Å². The summed E-state index contributed by atoms with van der Waals surface area (Å²) in [4.78, 5) is 31.6. The Bertz CT molecular complexity index is 1290. The van der Waals surface area contributed by atoms with E-state index >= 15 is 0 Å². The third kappa shape index (κ3) is 4.98. The fourth-order valence-electron chi connectivity index (χ4n) is 6.64. The lowest BCUT2D eigenvalue weighted by molar-refractivity contribution is -0.115. The van der Waals surface area contributed by atoms with Gasteiger partial charge in [-0.15, -0.1) is 0 Å². The van der Waals surface area contributed by atoms with Gasteiger partial charge in [0.25, 0.3) is 0 Å². The molecule has 0 amide bonds. The van der Waals surface area contributed by atoms with Crippen molar-refractivity contribution in [3.63, 3.8) is 0 Å². The maximum absolute atomic E-state index is 13.8. The van der Waals surface area contributed by atoms with Crippen LogP contribution in [0.5, 0.6) is 0 Å². The molecule has 204 valence electrons. The zero-order valence-corrected chi connectivity index (χ0v) is 23.7. The van der Waals surface area contributed by atoms with E-state index in [-0.39, 0.29) is 11.6 Å². The number of aryl methyl sites for hydroxylation is 1. The summed E-state index contributed by atoms with van der Waals surface area (Å²) in [5.74, 6) is 0.271. The maximum atomic E-state index is 13.8. The molecule has 2 saturated heterocycles. The molecule has 0 atom stereocenters. The average molecular weight is 519 g/mol. The number of nitrogens with zero attached hydrogens (tertiary/aromatic N) is 4. The van der Waals surface area contributed by atoms with Gasteiger partial charge in [-0.05, 0) is 69.2 Å². The number of allylic oxidation sites excluding steroid dienone is 4. The molecule has 7 nitrogen and oxygen atoms in total. The molecule has 0 radical (unpaired) electrons. The summed E-state index contributed by atoms with van der Waals surface area (Å²) in [5, 5.41) is 5.72. The molecule has 2 fully saturated rings. The molecule has 38 heavy (non-hydrogen) atoms. The fourth-order valence-corrected chi connectivity index (χ4v) is 6.64. The van der Waals surface area contributed by atoms with Gasteiger partial charge in [-0.3, -0.25) is 19.2 Å². The number of aromatic nitrogens is 2. The first-order valence-corrected chi connectivity index (χ1v) is 14.3. The van der Waals surface area contributed by atoms with Crippen LogP contribution in [0.25, 0.3) is 10.9 Å². The van der Waals surface area contributed by atoms with Crippen molar-refractivity contribution in [2.45, 2.75) is 78.3 Å². The van der Waals surface area contributed by atoms with Crippen molar-refractivity contribution >= 4 is 28.2 Å². The molecule has 5 rings (SSSR count). The van der Waals surface area contributed by atoms with E-state index in [1.807, 2.05) is 37.8 Å². The summed E-state index contributed by atoms with van der Waals surface area (Å²) in [6.45, 7) is 13.1. The Balaban J connectivity index is 1.46. The van der Waals surface area contributed by atoms with Gasteiger partial charge < -0.3 is 9.64 Å². The summed E-state index contributed by atoms with van der Waals surface area (Å²) in [5.41, 5.74) is 6.97. The van der Waals surface area contributed by atoms with E-state index in [0.717, 1.165) is 90.9 Å². The molecule has 2 aliphatic heterocycles. The second-order valence-electron chi connectivity index (χ2n) is 11.2. The van der Waals surface area contributed by atoms with E-state index in [9.17, 15) is 9.59 Å². The van der Waals surface area contributed by atoms with E-state index in [1.54, 1.807) is 0 Å². The molecule has 0 saturated carbocycles. The number of benzene rings is 1. The first-order valence-electron chi connectivity index (χ1n) is 14.3. The van der Waals surface area contributed by atoms with E-state index in [0.29, 0.717) is 31.3 Å². The molecule has 0 spiro atoms. The van der Waals surface area contributed by atoms with Crippen molar-refractivity contribution in [3.05, 3.63) is 46.2 Å². The topological polar surface area (TPSA) is 67.7 Å². The predicted molar refractivity (Wildman–Crippen MR) is 152 cm³/mol. The number of fused-ring (bicyclic) bond motifs is 1. The van der Waals surface area contributed by atoms with Crippen LogP contribution >= 0.6 is 0 Å². The van der Waals surface area contributed by atoms with Gasteiger partial charge in [0, 0.05) is 56.5 Å². The Kier molecular flexibility index (Phi) is 7.87. The Morgan fingerprint density at radius 2 is 1.92 bits per heavy atom. The van der Waals surface area contributed by atoms with Gasteiger partial charge in [0.1, 0.15) is 0 Å². The third-order valence-corrected chi connectivity index (χ3v) is 8.81. The number of carbonyl (C=O) groups excluding carboxylic acids is 2. The van der Waals surface area contributed by atoms with Crippen LogP contribution < -0.4 is 4.90 Å². The normalized spacial score (nSPS) is 19.7. The quantitative estimate of drug-likeness (QED) is 0.434. The van der Waals surface area contributed by atoms with E-state index < -0.39 is 0 Å². The summed E-state index contributed by atoms with van der Waals surface area (Å²) >= 11 is 0. The van der Waals surface area contributed by atoms with Gasteiger partial charge in [-0.1, -0.05) is 18.6 Å². The van der Waals surface area contributed by atoms with Crippen LogP contribution in [0.2, 0.25) is 0 Å². The number of piperidine rings is 1. The molecule has 1 aromatic heterocycles. The first-order chi connectivity index (χ1) is 18.3. The second kappa shape index (κ2) is 11.1. The van der Waals surface area contributed by atoms with Gasteiger partial charge >= 0.3 is 0 Å². The lowest BCUT2D eigenvalue weighted by Crippen LogP contribution is -2.54. The summed E-state index contributed by atoms with van der Waals surface area (Å²) in [6.07, 6.45) is 8.34. The van der Waals surface area contributed by atoms with Crippen LogP contribution in [-0.4, -0.2) is 71.2 Å². The smallest absolute Gasteiger partial charge is 0.163 e. The molecule has 1 aromatic carbocycles. The fraction of sp³-hybridized carbons (Fsp3) is 0.581. The number of Topliss-reactive ketones (excluding diaryl/α,β-unsaturated/α-hetero) is 2. The molecule has 0 N–H and O–H groups in total. The van der Waals surface area contributed by atoms with Gasteiger partial charge in [-0.25, -0.2) is 0 Å². The van der Waals surface area contributed by atoms with Gasteiger partial charge in [0.2, 0.25) is 0 Å². The van der Waals surface area contributed by atoms with Crippen molar-refractivity contribution < 1.29 is 14.3 Å². The van der Waals surface area contributed by atoms with Crippen LogP contribution in [0.1, 0.15) is 75.7 Å². The molecule has 0 bridgehead atoms. The SMILES string of the molecule is CCc1c(C(=O)CCC2=C(C)C=C(C)CC2=O)cc2c(cnn2C)c1N(CC)C1CCN(C2COC2)CC1. The number of hydrogen-bond acceptors (Lipinski definition) is 6. The number of rotatable bonds is 9. The molecule has 0 unspecified atom stereocenters. The van der Waals surface area contributed by atoms with E-state index in [1.165, 1.54) is 5.69 Å². The molecule has 1 aliphatic carbocycles. The van der Waals surface area contributed by atoms with Crippen LogP contribution in [0, 0.1) is 0 Å². The highest BCUT2D eigenvalue weighted by molar-refractivity contribution is 6.07. The molecule has 3 heterocycles. The predicted octanol–water partition coefficient (Wildman–Crippen LogP) is 5.02. The minimum absolute atomic E-state index is 0.112. The molecule has 7 heteroatoms. The van der Waals surface area contributed by atoms with Crippen LogP contribution in [0.3, 0.4) is 0 Å². The largest absolute Gasteiger partial charge is 0.378 e. The number of hydrogen-bond donors (Lipinski definition) is 0. The summed E-state index contributed by atoms with van der Waals surface area (Å²) < 4.78 is 7.31. The number of anilines is 1. The summed E-state index contributed by atoms with van der Waals surface area (Å²) in [7, 11) is 1.95. The first kappa shape index (κ1) is 26.8. The average Bonchev–Trinajstić information content (AvgIpc) is 3.23. The zero-order valence-electron chi connectivity index (χ0n) is 23.7. The van der Waals surface area contributed by atoms with Crippen LogP contribution in [0.15, 0.2) is 35.1 Å². The van der Waals surface area contributed by atoms with Crippen molar-refractivity contribution in [3.8, 4) is 0 Å². The lowest BCUT2D eigenvalue weighted by atomic mass is 9.87. The second-order valence-corrected chi connectivity index (χ2v) is 11.2. The Morgan fingerprint density at radius 1 is 1.18 bits per heavy atom. The standard InChI is InChI=1S/C31H42N4O3/c1-6-24-26(29(36)9-8-25-21(4)14-20(3)15-30(25)37)16-28-27(17-32-33(28)5)31(24)35(7-2)22-10-12-34(13-11-22)23-18-38-19-23/h14,16-17,22-23H,6-13,15,18-19H2,1-5H3. The van der Waals surface area contributed by atoms with Crippen molar-refractivity contribution in [1.29, 1.82) is 0 Å². The van der Waals surface area contributed by atoms with Crippen LogP contribution in [0.4, 0.5) is 5.69 Å². The Hall–Kier alpha value is -2.77. The number of ether oxygens (including phenoxy) is 1. The Labute approximate surface area is 226 Å². The minimum Gasteiger partial charge on any atom is -0.378 e. The summed E-state index contributed by atoms with van der Waals surface area (Å²) in [6, 6.07) is 3.05. The molecule has 3 aliphatic rings. The van der Waals surface area contributed by atoms with E-state index in [2.05, 4.69) is 34.8 Å². The van der Waals surface area contributed by atoms with Crippen molar-refractivity contribution in [2.24, 2.45) is 7.05 Å². The highest BCUT2D eigenvalue weighted by Crippen LogP contribution is 2.38. The number of ketones is 2. The van der Waals surface area contributed by atoms with Gasteiger partial charge in [0.05, 0.1) is 36.7 Å². The monoisotopic (exact) mass is 518 g/mol. The number of carbonyl (C=O) groups is 2. The molecular weight excluding hydrogens is 476 g/mol. The lowest BCUT2D eigenvalue weighted by Gasteiger charge is -2.45. The number of likely N-dealkylation sites (tertiary alicyclic amines) is 1. The maximum Gasteiger partial charge on any atom is 0.163 e. The minimum atomic E-state index is 0.112. The van der Waals surface area contributed by atoms with Gasteiger partial charge in [-0.2, -0.15) is 5.10 Å². The zero-order chi connectivity index (χ0) is 27.0. The van der Waals surface area contributed by atoms with Crippen molar-refractivity contribution in [2.75, 3.05) is 37.7 Å². The van der Waals surface area contributed by atoms with Crippen LogP contribution in [-0.2, 0) is 23.0 Å². The third-order valence-electron chi connectivity index (χ3n) is 8.81. The highest BCUT2D eigenvalue weighted by atomic mass is 16.5. The highest BCUT2D eigenvalue weighted by Gasteiger charge is 2.33. The van der Waals surface area contributed by atoms with E-state index in [4.69, 9.17) is 4.74 Å². The van der Waals surface area contributed by atoms with Crippen molar-refractivity contribution in [1.82, 2.24) is 14.7 Å². The molecular formula is C31H42N4O3. The Morgan fingerprint density at radius 3 is 2.53 bits per heavy atom. The molecule has 2 aromatic rings.